The average molecular weight is 346 g/mol. The Labute approximate surface area is 142 Å². The molecule has 0 bridgehead atoms. The smallest absolute Gasteiger partial charge is 0.410 e. The van der Waals surface area contributed by atoms with Crippen molar-refractivity contribution < 1.29 is 19.1 Å². The zero-order valence-corrected chi connectivity index (χ0v) is 17.1. The zero-order chi connectivity index (χ0) is 18.1. The lowest BCUT2D eigenvalue weighted by atomic mass is 10.1. The Hall–Kier alpha value is -0.593. The first-order valence-electron chi connectivity index (χ1n) is 8.56. The van der Waals surface area contributed by atoms with Crippen LogP contribution < -0.4 is 0 Å². The maximum Gasteiger partial charge on any atom is 0.410 e. The van der Waals surface area contributed by atoms with Gasteiger partial charge in [0.25, 0.3) is 0 Å². The van der Waals surface area contributed by atoms with Gasteiger partial charge in [-0.2, -0.15) is 0 Å². The first kappa shape index (κ1) is 20.5. The van der Waals surface area contributed by atoms with E-state index in [4.69, 9.17) is 9.16 Å². The summed E-state index contributed by atoms with van der Waals surface area (Å²) in [6.45, 7) is 17.3. The summed E-state index contributed by atoms with van der Waals surface area (Å²) in [6, 6.07) is -0.213. The molecular formula is C17H35NO4Si. The first-order valence-corrected chi connectivity index (χ1v) is 11.5. The summed E-state index contributed by atoms with van der Waals surface area (Å²) < 4.78 is 11.6. The van der Waals surface area contributed by atoms with Gasteiger partial charge in [-0.3, -0.25) is 0 Å². The third-order valence-electron chi connectivity index (χ3n) is 4.79. The monoisotopic (exact) mass is 345 g/mol. The molecule has 0 aliphatic carbocycles. The van der Waals surface area contributed by atoms with E-state index in [0.717, 1.165) is 12.8 Å². The lowest BCUT2D eigenvalue weighted by Crippen LogP contribution is -2.49. The number of carbonyl (C=O) groups is 1. The van der Waals surface area contributed by atoms with Gasteiger partial charge in [0.1, 0.15) is 5.60 Å². The molecule has 0 aromatic heterocycles. The maximum absolute atomic E-state index is 12.3. The minimum Gasteiger partial charge on any atom is -0.444 e. The predicted molar refractivity (Wildman–Crippen MR) is 95.1 cm³/mol. The SMILES string of the molecule is CC(C)(C)OC(=O)N1CCC[C@H]1[C@H](O)CO[Si](C)(C)C(C)(C)C. The highest BCUT2D eigenvalue weighted by molar-refractivity contribution is 6.74. The van der Waals surface area contributed by atoms with Crippen molar-refractivity contribution in [2.45, 2.75) is 90.3 Å². The van der Waals surface area contributed by atoms with E-state index in [9.17, 15) is 9.90 Å². The Morgan fingerprint density at radius 3 is 2.30 bits per heavy atom. The molecule has 0 unspecified atom stereocenters. The van der Waals surface area contributed by atoms with Crippen molar-refractivity contribution in [3.05, 3.63) is 0 Å². The number of ether oxygens (including phenoxy) is 1. The van der Waals surface area contributed by atoms with Crippen LogP contribution in [0.15, 0.2) is 0 Å². The molecule has 0 aromatic rings. The van der Waals surface area contributed by atoms with E-state index in [1.807, 2.05) is 20.8 Å². The zero-order valence-electron chi connectivity index (χ0n) is 16.1. The van der Waals surface area contributed by atoms with Crippen molar-refractivity contribution in [1.82, 2.24) is 4.90 Å². The molecule has 0 saturated carbocycles. The maximum atomic E-state index is 12.3. The minimum absolute atomic E-state index is 0.104. The van der Waals surface area contributed by atoms with Crippen LogP contribution in [0.3, 0.4) is 0 Å². The summed E-state index contributed by atoms with van der Waals surface area (Å²) >= 11 is 0. The second-order valence-electron chi connectivity index (χ2n) is 9.02. The summed E-state index contributed by atoms with van der Waals surface area (Å²) in [5.74, 6) is 0. The first-order chi connectivity index (χ1) is 10.2. The number of nitrogens with zero attached hydrogens (tertiary/aromatic N) is 1. The van der Waals surface area contributed by atoms with Crippen LogP contribution in [0.4, 0.5) is 4.79 Å². The number of aliphatic hydroxyl groups excluding tert-OH is 1. The molecule has 1 N–H and O–H groups in total. The van der Waals surface area contributed by atoms with E-state index in [1.165, 1.54) is 0 Å². The molecule has 23 heavy (non-hydrogen) atoms. The minimum atomic E-state index is -1.90. The van der Waals surface area contributed by atoms with E-state index in [1.54, 1.807) is 4.90 Å². The van der Waals surface area contributed by atoms with Crippen molar-refractivity contribution in [1.29, 1.82) is 0 Å². The Morgan fingerprint density at radius 2 is 1.83 bits per heavy atom. The summed E-state index contributed by atoms with van der Waals surface area (Å²) in [5.41, 5.74) is -0.521. The number of hydrogen-bond acceptors (Lipinski definition) is 4. The van der Waals surface area contributed by atoms with Crippen LogP contribution >= 0.6 is 0 Å². The molecule has 1 fully saturated rings. The Balaban J connectivity index is 2.64. The van der Waals surface area contributed by atoms with Crippen LogP contribution in [-0.4, -0.2) is 55.3 Å². The van der Waals surface area contributed by atoms with Crippen molar-refractivity contribution in [3.8, 4) is 0 Å². The van der Waals surface area contributed by atoms with Gasteiger partial charge in [-0.25, -0.2) is 4.79 Å². The number of rotatable bonds is 4. The standard InChI is InChI=1S/C17H35NO4Si/c1-16(2,3)22-15(20)18-11-9-10-13(18)14(19)12-21-23(7,8)17(4,5)6/h13-14,19H,9-12H2,1-8H3/t13-,14+/m0/s1. The van der Waals surface area contributed by atoms with Crippen molar-refractivity contribution in [2.75, 3.05) is 13.2 Å². The average Bonchev–Trinajstić information content (AvgIpc) is 2.81. The lowest BCUT2D eigenvalue weighted by molar-refractivity contribution is -0.00483. The van der Waals surface area contributed by atoms with E-state index in [-0.39, 0.29) is 23.8 Å². The van der Waals surface area contributed by atoms with Crippen LogP contribution in [0.2, 0.25) is 18.1 Å². The highest BCUT2D eigenvalue weighted by Gasteiger charge is 2.40. The van der Waals surface area contributed by atoms with Crippen LogP contribution in [0, 0.1) is 0 Å². The van der Waals surface area contributed by atoms with Gasteiger partial charge >= 0.3 is 6.09 Å². The summed E-state index contributed by atoms with van der Waals surface area (Å²) in [4.78, 5) is 14.0. The van der Waals surface area contributed by atoms with E-state index < -0.39 is 20.0 Å². The molecule has 1 heterocycles. The number of hydrogen-bond donors (Lipinski definition) is 1. The normalized spacial score (nSPS) is 21.4. The molecule has 1 amide bonds. The molecular weight excluding hydrogens is 310 g/mol. The molecule has 1 aliphatic heterocycles. The number of carbonyl (C=O) groups excluding carboxylic acids is 1. The number of likely N-dealkylation sites (tertiary alicyclic amines) is 1. The summed E-state index contributed by atoms with van der Waals surface area (Å²) in [5, 5.41) is 10.6. The van der Waals surface area contributed by atoms with Gasteiger partial charge in [0.05, 0.1) is 18.8 Å². The van der Waals surface area contributed by atoms with Crippen LogP contribution in [0.1, 0.15) is 54.4 Å². The summed E-state index contributed by atoms with van der Waals surface area (Å²) in [7, 11) is -1.90. The van der Waals surface area contributed by atoms with Gasteiger partial charge in [-0.1, -0.05) is 20.8 Å². The van der Waals surface area contributed by atoms with E-state index >= 15 is 0 Å². The van der Waals surface area contributed by atoms with Crippen molar-refractivity contribution in [3.63, 3.8) is 0 Å². The van der Waals surface area contributed by atoms with E-state index in [0.29, 0.717) is 6.54 Å². The van der Waals surface area contributed by atoms with Gasteiger partial charge in [-0.15, -0.1) is 0 Å². The Bertz CT molecular complexity index is 412. The van der Waals surface area contributed by atoms with Gasteiger partial charge in [0.15, 0.2) is 8.32 Å². The molecule has 1 saturated heterocycles. The topological polar surface area (TPSA) is 59.0 Å². The molecule has 2 atom stereocenters. The van der Waals surface area contributed by atoms with Crippen LogP contribution in [-0.2, 0) is 9.16 Å². The molecule has 6 heteroatoms. The molecule has 0 aromatic carbocycles. The molecule has 5 nitrogen and oxygen atoms in total. The van der Waals surface area contributed by atoms with Crippen molar-refractivity contribution in [2.24, 2.45) is 0 Å². The molecule has 136 valence electrons. The van der Waals surface area contributed by atoms with Crippen molar-refractivity contribution >= 4 is 14.4 Å². The fraction of sp³-hybridized carbons (Fsp3) is 0.941. The molecule has 1 aliphatic rings. The third kappa shape index (κ3) is 5.76. The highest BCUT2D eigenvalue weighted by atomic mass is 28.4. The van der Waals surface area contributed by atoms with Gasteiger partial charge in [0.2, 0.25) is 0 Å². The molecule has 1 rings (SSSR count). The second-order valence-corrected chi connectivity index (χ2v) is 13.8. The highest BCUT2D eigenvalue weighted by Crippen LogP contribution is 2.37. The largest absolute Gasteiger partial charge is 0.444 e. The van der Waals surface area contributed by atoms with Gasteiger partial charge in [0, 0.05) is 6.54 Å². The fourth-order valence-corrected chi connectivity index (χ4v) is 3.38. The Morgan fingerprint density at radius 1 is 1.26 bits per heavy atom. The summed E-state index contributed by atoms with van der Waals surface area (Å²) in [6.07, 6.45) is 0.674. The Kier molecular flexibility index (Phi) is 6.32. The van der Waals surface area contributed by atoms with E-state index in [2.05, 4.69) is 33.9 Å². The second kappa shape index (κ2) is 7.11. The van der Waals surface area contributed by atoms with Crippen LogP contribution in [0.5, 0.6) is 0 Å². The van der Waals surface area contributed by atoms with Gasteiger partial charge < -0.3 is 19.2 Å². The number of amides is 1. The quantitative estimate of drug-likeness (QED) is 0.788. The third-order valence-corrected chi connectivity index (χ3v) is 9.29. The lowest BCUT2D eigenvalue weighted by Gasteiger charge is -2.38. The number of aliphatic hydroxyl groups is 1. The predicted octanol–water partition coefficient (Wildman–Crippen LogP) is 3.77. The fourth-order valence-electron chi connectivity index (χ4n) is 2.36. The molecule has 0 spiro atoms. The molecule has 0 radical (unpaired) electrons. The van der Waals surface area contributed by atoms with Crippen LogP contribution in [0.25, 0.3) is 0 Å². The van der Waals surface area contributed by atoms with Gasteiger partial charge in [-0.05, 0) is 51.7 Å².